The van der Waals surface area contributed by atoms with Gasteiger partial charge < -0.3 is 14.4 Å². The third-order valence-electron chi connectivity index (χ3n) is 5.16. The number of nitro benzene ring substituents is 1. The van der Waals surface area contributed by atoms with Crippen molar-refractivity contribution >= 4 is 23.5 Å². The van der Waals surface area contributed by atoms with Crippen LogP contribution in [-0.2, 0) is 27.4 Å². The van der Waals surface area contributed by atoms with Crippen LogP contribution in [0.25, 0.3) is 0 Å². The second-order valence-corrected chi connectivity index (χ2v) is 7.73. The van der Waals surface area contributed by atoms with Crippen molar-refractivity contribution in [3.63, 3.8) is 0 Å². The van der Waals surface area contributed by atoms with Crippen LogP contribution in [0.4, 0.5) is 5.69 Å². The van der Waals surface area contributed by atoms with Crippen LogP contribution in [-0.4, -0.2) is 40.9 Å². The van der Waals surface area contributed by atoms with E-state index in [1.54, 1.807) is 4.90 Å². The van der Waals surface area contributed by atoms with E-state index in [4.69, 9.17) is 4.74 Å². The molecule has 0 aliphatic rings. The zero-order valence-electron chi connectivity index (χ0n) is 19.2. The van der Waals surface area contributed by atoms with Gasteiger partial charge in [-0.05, 0) is 24.1 Å². The van der Waals surface area contributed by atoms with Crippen molar-refractivity contribution in [1.29, 1.82) is 0 Å². The van der Waals surface area contributed by atoms with Crippen LogP contribution < -0.4 is 0 Å². The van der Waals surface area contributed by atoms with Gasteiger partial charge in [0.25, 0.3) is 11.6 Å². The molecule has 1 amide bonds. The molecular weight excluding hydrogens is 452 g/mol. The normalized spacial score (nSPS) is 11.3. The highest BCUT2D eigenvalue weighted by Gasteiger charge is 2.26. The summed E-state index contributed by atoms with van der Waals surface area (Å²) < 4.78 is 9.95. The van der Waals surface area contributed by atoms with Crippen molar-refractivity contribution in [3.8, 4) is 0 Å². The third kappa shape index (κ3) is 6.73. The summed E-state index contributed by atoms with van der Waals surface area (Å²) in [6, 6.07) is 21.9. The van der Waals surface area contributed by atoms with E-state index in [0.717, 1.165) is 36.4 Å². The molecule has 0 aromatic heterocycles. The van der Waals surface area contributed by atoms with E-state index in [1.807, 2.05) is 60.7 Å². The maximum Gasteiger partial charge on any atom is 0.339 e. The van der Waals surface area contributed by atoms with E-state index in [1.165, 1.54) is 6.92 Å². The molecule has 3 aromatic carbocycles. The summed E-state index contributed by atoms with van der Waals surface area (Å²) in [5.41, 5.74) is 0.904. The number of hydrogen-bond donors (Lipinski definition) is 0. The summed E-state index contributed by atoms with van der Waals surface area (Å²) in [5.74, 6) is -2.26. The standard InChI is InChI=1S/C26H24N2O7/c1-18(35-26(31)22-13-21(25(30)34-2)14-23(15-22)28(32)33)24(29)27(16-19-9-5-3-6-10-19)17-20-11-7-4-8-12-20/h3-15,18H,16-17H2,1-2H3. The zero-order valence-corrected chi connectivity index (χ0v) is 19.2. The number of carbonyl (C=O) groups is 3. The van der Waals surface area contributed by atoms with Gasteiger partial charge in [-0.3, -0.25) is 14.9 Å². The molecule has 0 radical (unpaired) electrons. The van der Waals surface area contributed by atoms with Gasteiger partial charge in [-0.1, -0.05) is 60.7 Å². The van der Waals surface area contributed by atoms with Gasteiger partial charge >= 0.3 is 11.9 Å². The third-order valence-corrected chi connectivity index (χ3v) is 5.16. The number of ether oxygens (including phenoxy) is 2. The number of methoxy groups -OCH3 is 1. The highest BCUT2D eigenvalue weighted by atomic mass is 16.6. The number of amides is 1. The Balaban J connectivity index is 1.81. The molecule has 1 unspecified atom stereocenters. The summed E-state index contributed by atoms with van der Waals surface area (Å²) in [5, 5.41) is 11.2. The molecule has 1 atom stereocenters. The first-order valence-corrected chi connectivity index (χ1v) is 10.7. The van der Waals surface area contributed by atoms with Crippen molar-refractivity contribution in [2.24, 2.45) is 0 Å². The fourth-order valence-corrected chi connectivity index (χ4v) is 3.43. The van der Waals surface area contributed by atoms with E-state index < -0.39 is 34.6 Å². The molecule has 35 heavy (non-hydrogen) atoms. The molecule has 0 saturated carbocycles. The largest absolute Gasteiger partial charge is 0.465 e. The Bertz CT molecular complexity index is 1170. The van der Waals surface area contributed by atoms with Gasteiger partial charge in [0.15, 0.2) is 6.10 Å². The van der Waals surface area contributed by atoms with Crippen molar-refractivity contribution in [1.82, 2.24) is 4.90 Å². The van der Waals surface area contributed by atoms with Gasteiger partial charge in [-0.15, -0.1) is 0 Å². The summed E-state index contributed by atoms with van der Waals surface area (Å²) in [6.07, 6.45) is -1.18. The maximum absolute atomic E-state index is 13.3. The number of nitrogens with zero attached hydrogens (tertiary/aromatic N) is 2. The number of non-ortho nitro benzene ring substituents is 1. The summed E-state index contributed by atoms with van der Waals surface area (Å²) >= 11 is 0. The molecule has 0 spiro atoms. The van der Waals surface area contributed by atoms with Gasteiger partial charge in [0.05, 0.1) is 23.2 Å². The Morgan fingerprint density at radius 2 is 1.34 bits per heavy atom. The Hall–Kier alpha value is -4.53. The molecule has 0 bridgehead atoms. The van der Waals surface area contributed by atoms with Crippen LogP contribution in [0.15, 0.2) is 78.9 Å². The first kappa shape index (κ1) is 25.1. The van der Waals surface area contributed by atoms with Crippen LogP contribution in [0.2, 0.25) is 0 Å². The van der Waals surface area contributed by atoms with Crippen LogP contribution in [0, 0.1) is 10.1 Å². The molecule has 3 rings (SSSR count). The summed E-state index contributed by atoms with van der Waals surface area (Å²) in [6.45, 7) is 2.02. The first-order valence-electron chi connectivity index (χ1n) is 10.7. The lowest BCUT2D eigenvalue weighted by Crippen LogP contribution is -2.39. The molecule has 0 N–H and O–H groups in total. The number of rotatable bonds is 9. The highest BCUT2D eigenvalue weighted by molar-refractivity contribution is 5.97. The Morgan fingerprint density at radius 1 is 0.857 bits per heavy atom. The Labute approximate surface area is 202 Å². The molecule has 3 aromatic rings. The van der Waals surface area contributed by atoms with Crippen molar-refractivity contribution < 1.29 is 28.8 Å². The fourth-order valence-electron chi connectivity index (χ4n) is 3.43. The quantitative estimate of drug-likeness (QED) is 0.259. The smallest absolute Gasteiger partial charge is 0.339 e. The van der Waals surface area contributed by atoms with Crippen LogP contribution in [0.5, 0.6) is 0 Å². The van der Waals surface area contributed by atoms with Crippen molar-refractivity contribution in [2.45, 2.75) is 26.1 Å². The lowest BCUT2D eigenvalue weighted by Gasteiger charge is -2.26. The number of benzene rings is 3. The van der Waals surface area contributed by atoms with E-state index in [0.29, 0.717) is 13.1 Å². The molecule has 9 heteroatoms. The minimum absolute atomic E-state index is 0.178. The molecule has 180 valence electrons. The summed E-state index contributed by atoms with van der Waals surface area (Å²) in [7, 11) is 1.12. The number of carbonyl (C=O) groups excluding carboxylic acids is 3. The topological polar surface area (TPSA) is 116 Å². The Morgan fingerprint density at radius 3 is 1.80 bits per heavy atom. The second kappa shape index (κ2) is 11.6. The van der Waals surface area contributed by atoms with E-state index >= 15 is 0 Å². The number of nitro groups is 1. The second-order valence-electron chi connectivity index (χ2n) is 7.73. The molecule has 0 heterocycles. The van der Waals surface area contributed by atoms with Gasteiger partial charge in [-0.25, -0.2) is 9.59 Å². The van der Waals surface area contributed by atoms with Gasteiger partial charge in [0.1, 0.15) is 0 Å². The zero-order chi connectivity index (χ0) is 25.4. The molecule has 9 nitrogen and oxygen atoms in total. The lowest BCUT2D eigenvalue weighted by atomic mass is 10.1. The monoisotopic (exact) mass is 476 g/mol. The minimum atomic E-state index is -1.18. The number of hydrogen-bond acceptors (Lipinski definition) is 7. The summed E-state index contributed by atoms with van der Waals surface area (Å²) in [4.78, 5) is 50.0. The van der Waals surface area contributed by atoms with E-state index in [9.17, 15) is 24.5 Å². The number of esters is 2. The van der Waals surface area contributed by atoms with E-state index in [-0.39, 0.29) is 11.1 Å². The van der Waals surface area contributed by atoms with Gasteiger partial charge in [-0.2, -0.15) is 0 Å². The molecule has 0 fully saturated rings. The maximum atomic E-state index is 13.3. The predicted molar refractivity (Wildman–Crippen MR) is 126 cm³/mol. The molecular formula is C26H24N2O7. The molecule has 0 aliphatic carbocycles. The average molecular weight is 476 g/mol. The Kier molecular flexibility index (Phi) is 8.29. The molecule has 0 saturated heterocycles. The average Bonchev–Trinajstić information content (AvgIpc) is 2.88. The first-order chi connectivity index (χ1) is 16.8. The van der Waals surface area contributed by atoms with Crippen LogP contribution in [0.3, 0.4) is 0 Å². The SMILES string of the molecule is COC(=O)c1cc(C(=O)OC(C)C(=O)N(Cc2ccccc2)Cc2ccccc2)cc([N+](=O)[O-])c1. The van der Waals surface area contributed by atoms with Crippen LogP contribution in [0.1, 0.15) is 38.8 Å². The van der Waals surface area contributed by atoms with Crippen molar-refractivity contribution in [2.75, 3.05) is 7.11 Å². The fraction of sp³-hybridized carbons (Fsp3) is 0.192. The lowest BCUT2D eigenvalue weighted by molar-refractivity contribution is -0.384. The van der Waals surface area contributed by atoms with Crippen molar-refractivity contribution in [3.05, 3.63) is 111 Å². The van der Waals surface area contributed by atoms with Crippen LogP contribution >= 0.6 is 0 Å². The van der Waals surface area contributed by atoms with Gasteiger partial charge in [0.2, 0.25) is 0 Å². The minimum Gasteiger partial charge on any atom is -0.465 e. The predicted octanol–water partition coefficient (Wildman–Crippen LogP) is 4.16. The molecule has 0 aliphatic heterocycles. The highest BCUT2D eigenvalue weighted by Crippen LogP contribution is 2.20. The van der Waals surface area contributed by atoms with Gasteiger partial charge in [0, 0.05) is 25.2 Å². The van der Waals surface area contributed by atoms with E-state index in [2.05, 4.69) is 4.74 Å².